The minimum Gasteiger partial charge on any atom is -0.318 e. The lowest BCUT2D eigenvalue weighted by atomic mass is 10.3. The zero-order valence-corrected chi connectivity index (χ0v) is 9.76. The molecule has 96 valence electrons. The molecule has 0 saturated carbocycles. The van der Waals surface area contributed by atoms with Crippen molar-refractivity contribution in [2.45, 2.75) is 0 Å². The normalized spacial score (nSPS) is 9.74. The molecule has 2 N–H and O–H groups in total. The molecule has 0 aliphatic heterocycles. The predicted octanol–water partition coefficient (Wildman–Crippen LogP) is 1.80. The molecule has 6 heteroatoms. The van der Waals surface area contributed by atoms with Gasteiger partial charge >= 0.3 is 11.8 Å². The SMILES string of the molecule is O=C(Nc1cccnc1)C(=O)Nc1cccc(F)c1. The van der Waals surface area contributed by atoms with Crippen LogP contribution in [0.1, 0.15) is 0 Å². The van der Waals surface area contributed by atoms with E-state index in [2.05, 4.69) is 15.6 Å². The molecule has 1 heterocycles. The summed E-state index contributed by atoms with van der Waals surface area (Å²) < 4.78 is 12.9. The Balaban J connectivity index is 1.98. The Morgan fingerprint density at radius 2 is 1.68 bits per heavy atom. The van der Waals surface area contributed by atoms with Gasteiger partial charge in [0.2, 0.25) is 0 Å². The number of carbonyl (C=O) groups excluding carboxylic acids is 2. The van der Waals surface area contributed by atoms with Crippen LogP contribution in [-0.2, 0) is 9.59 Å². The van der Waals surface area contributed by atoms with Crippen molar-refractivity contribution in [1.82, 2.24) is 4.98 Å². The topological polar surface area (TPSA) is 71.1 Å². The molecule has 0 fully saturated rings. The lowest BCUT2D eigenvalue weighted by Gasteiger charge is -2.06. The highest BCUT2D eigenvalue weighted by Crippen LogP contribution is 2.09. The second-order valence-corrected chi connectivity index (χ2v) is 3.66. The molecule has 0 atom stereocenters. The highest BCUT2D eigenvalue weighted by atomic mass is 19.1. The highest BCUT2D eigenvalue weighted by molar-refractivity contribution is 6.43. The Kier molecular flexibility index (Phi) is 3.82. The molecular formula is C13H10FN3O2. The van der Waals surface area contributed by atoms with Gasteiger partial charge in [-0.1, -0.05) is 6.07 Å². The van der Waals surface area contributed by atoms with E-state index in [9.17, 15) is 14.0 Å². The summed E-state index contributed by atoms with van der Waals surface area (Å²) in [6.45, 7) is 0. The standard InChI is InChI=1S/C13H10FN3O2/c14-9-3-1-4-10(7-9)16-12(18)13(19)17-11-5-2-6-15-8-11/h1-8H,(H,16,18)(H,17,19). The molecule has 5 nitrogen and oxygen atoms in total. The van der Waals surface area contributed by atoms with Crippen LogP contribution in [0.3, 0.4) is 0 Å². The minimum absolute atomic E-state index is 0.214. The minimum atomic E-state index is -0.880. The third-order valence-corrected chi connectivity index (χ3v) is 2.21. The maximum Gasteiger partial charge on any atom is 0.314 e. The second-order valence-electron chi connectivity index (χ2n) is 3.66. The summed E-state index contributed by atoms with van der Waals surface area (Å²) in [5.74, 6) is -2.22. The van der Waals surface area contributed by atoms with Crippen LogP contribution in [0.2, 0.25) is 0 Å². The molecule has 0 bridgehead atoms. The van der Waals surface area contributed by atoms with Crippen LogP contribution >= 0.6 is 0 Å². The van der Waals surface area contributed by atoms with E-state index in [1.54, 1.807) is 18.3 Å². The fourth-order valence-electron chi connectivity index (χ4n) is 1.38. The zero-order valence-electron chi connectivity index (χ0n) is 9.76. The van der Waals surface area contributed by atoms with Crippen molar-refractivity contribution in [2.75, 3.05) is 10.6 Å². The number of halogens is 1. The van der Waals surface area contributed by atoms with Crippen LogP contribution in [0.5, 0.6) is 0 Å². The third-order valence-electron chi connectivity index (χ3n) is 2.21. The number of rotatable bonds is 2. The number of hydrogen-bond acceptors (Lipinski definition) is 3. The van der Waals surface area contributed by atoms with E-state index >= 15 is 0 Å². The maximum atomic E-state index is 12.9. The lowest BCUT2D eigenvalue weighted by Crippen LogP contribution is -2.29. The largest absolute Gasteiger partial charge is 0.318 e. The van der Waals surface area contributed by atoms with E-state index in [4.69, 9.17) is 0 Å². The number of hydrogen-bond donors (Lipinski definition) is 2. The van der Waals surface area contributed by atoms with Crippen molar-refractivity contribution < 1.29 is 14.0 Å². The average molecular weight is 259 g/mol. The molecule has 0 aliphatic rings. The second kappa shape index (κ2) is 5.72. The highest BCUT2D eigenvalue weighted by Gasteiger charge is 2.14. The van der Waals surface area contributed by atoms with E-state index in [1.165, 1.54) is 24.4 Å². The number of anilines is 2. The van der Waals surface area contributed by atoms with Gasteiger partial charge in [0.1, 0.15) is 5.82 Å². The van der Waals surface area contributed by atoms with E-state index in [1.807, 2.05) is 0 Å². The maximum absolute atomic E-state index is 12.9. The Labute approximate surface area is 108 Å². The van der Waals surface area contributed by atoms with Gasteiger partial charge < -0.3 is 10.6 Å². The molecule has 2 rings (SSSR count). The monoisotopic (exact) mass is 259 g/mol. The van der Waals surface area contributed by atoms with Gasteiger partial charge in [-0.05, 0) is 30.3 Å². The summed E-state index contributed by atoms with van der Waals surface area (Å²) >= 11 is 0. The number of benzene rings is 1. The first-order valence-electron chi connectivity index (χ1n) is 5.43. The van der Waals surface area contributed by atoms with Crippen molar-refractivity contribution in [1.29, 1.82) is 0 Å². The van der Waals surface area contributed by atoms with E-state index in [0.29, 0.717) is 5.69 Å². The molecule has 0 aliphatic carbocycles. The zero-order chi connectivity index (χ0) is 13.7. The van der Waals surface area contributed by atoms with Gasteiger partial charge in [-0.25, -0.2) is 4.39 Å². The fourth-order valence-corrected chi connectivity index (χ4v) is 1.38. The van der Waals surface area contributed by atoms with Crippen LogP contribution < -0.4 is 10.6 Å². The first kappa shape index (κ1) is 12.7. The number of pyridine rings is 1. The lowest BCUT2D eigenvalue weighted by molar-refractivity contribution is -0.133. The molecule has 0 unspecified atom stereocenters. The van der Waals surface area contributed by atoms with E-state index in [0.717, 1.165) is 6.07 Å². The average Bonchev–Trinajstić information content (AvgIpc) is 2.40. The Hall–Kier alpha value is -2.76. The predicted molar refractivity (Wildman–Crippen MR) is 67.9 cm³/mol. The first-order valence-corrected chi connectivity index (χ1v) is 5.43. The summed E-state index contributed by atoms with van der Waals surface area (Å²) in [6, 6.07) is 8.50. The molecule has 0 saturated heterocycles. The summed E-state index contributed by atoms with van der Waals surface area (Å²) in [6.07, 6.45) is 2.95. The van der Waals surface area contributed by atoms with Gasteiger partial charge in [0.05, 0.1) is 11.9 Å². The van der Waals surface area contributed by atoms with Gasteiger partial charge in [-0.15, -0.1) is 0 Å². The number of aromatic nitrogens is 1. The Morgan fingerprint density at radius 1 is 1.00 bits per heavy atom. The summed E-state index contributed by atoms with van der Waals surface area (Å²) in [5, 5.41) is 4.66. The molecule has 1 aromatic carbocycles. The number of amides is 2. The molecule has 0 radical (unpaired) electrons. The van der Waals surface area contributed by atoms with Crippen molar-refractivity contribution in [2.24, 2.45) is 0 Å². The summed E-state index contributed by atoms with van der Waals surface area (Å²) in [4.78, 5) is 26.9. The number of nitrogens with zero attached hydrogens (tertiary/aromatic N) is 1. The van der Waals surface area contributed by atoms with Gasteiger partial charge in [0.15, 0.2) is 0 Å². The van der Waals surface area contributed by atoms with E-state index in [-0.39, 0.29) is 5.69 Å². The molecule has 2 aromatic rings. The Bertz CT molecular complexity index is 602. The molecule has 1 aromatic heterocycles. The molecule has 2 amide bonds. The van der Waals surface area contributed by atoms with Gasteiger partial charge in [-0.2, -0.15) is 0 Å². The fraction of sp³-hybridized carbons (Fsp3) is 0. The number of carbonyl (C=O) groups is 2. The summed E-state index contributed by atoms with van der Waals surface area (Å²) in [7, 11) is 0. The van der Waals surface area contributed by atoms with Crippen molar-refractivity contribution >= 4 is 23.2 Å². The quantitative estimate of drug-likeness (QED) is 0.808. The molecule has 0 spiro atoms. The van der Waals surface area contributed by atoms with Crippen molar-refractivity contribution in [3.63, 3.8) is 0 Å². The third kappa shape index (κ3) is 3.60. The molecule has 19 heavy (non-hydrogen) atoms. The Morgan fingerprint density at radius 3 is 2.32 bits per heavy atom. The van der Waals surface area contributed by atoms with Gasteiger partial charge in [0, 0.05) is 11.9 Å². The van der Waals surface area contributed by atoms with E-state index < -0.39 is 17.6 Å². The van der Waals surface area contributed by atoms with Crippen LogP contribution in [0, 0.1) is 5.82 Å². The first-order chi connectivity index (χ1) is 9.15. The van der Waals surface area contributed by atoms with Crippen LogP contribution in [-0.4, -0.2) is 16.8 Å². The van der Waals surface area contributed by atoms with Crippen LogP contribution in [0.4, 0.5) is 15.8 Å². The summed E-state index contributed by atoms with van der Waals surface area (Å²) in [5.41, 5.74) is 0.619. The molecular weight excluding hydrogens is 249 g/mol. The van der Waals surface area contributed by atoms with Crippen LogP contribution in [0.25, 0.3) is 0 Å². The number of nitrogens with one attached hydrogen (secondary N) is 2. The van der Waals surface area contributed by atoms with Crippen LogP contribution in [0.15, 0.2) is 48.8 Å². The van der Waals surface area contributed by atoms with Crippen molar-refractivity contribution in [3.8, 4) is 0 Å². The smallest absolute Gasteiger partial charge is 0.314 e. The van der Waals surface area contributed by atoms with Crippen molar-refractivity contribution in [3.05, 3.63) is 54.6 Å². The van der Waals surface area contributed by atoms with Gasteiger partial charge in [-0.3, -0.25) is 14.6 Å². The van der Waals surface area contributed by atoms with Gasteiger partial charge in [0.25, 0.3) is 0 Å².